The van der Waals surface area contributed by atoms with E-state index in [1.807, 2.05) is 0 Å². The number of ether oxygens (including phenoxy) is 1. The van der Waals surface area contributed by atoms with Crippen LogP contribution >= 0.6 is 0 Å². The van der Waals surface area contributed by atoms with Gasteiger partial charge in [0.05, 0.1) is 18.6 Å². The van der Waals surface area contributed by atoms with Crippen LogP contribution in [0.3, 0.4) is 0 Å². The molecule has 0 rings (SSSR count). The third kappa shape index (κ3) is 11.4. The Morgan fingerprint density at radius 2 is 1.75 bits per heavy atom. The van der Waals surface area contributed by atoms with Crippen LogP contribution in [0.25, 0.3) is 0 Å². The van der Waals surface area contributed by atoms with Crippen LogP contribution in [0.15, 0.2) is 0 Å². The van der Waals surface area contributed by atoms with Gasteiger partial charge in [-0.3, -0.25) is 20.0 Å². The lowest BCUT2D eigenvalue weighted by Gasteiger charge is -2.05. The van der Waals surface area contributed by atoms with Crippen LogP contribution in [-0.4, -0.2) is 35.0 Å². The molecule has 0 heterocycles. The zero-order valence-electron chi connectivity index (χ0n) is 9.72. The van der Waals surface area contributed by atoms with E-state index in [0.29, 0.717) is 13.0 Å². The Balaban J connectivity index is 3.07. The van der Waals surface area contributed by atoms with Crippen molar-refractivity contribution >= 4 is 5.97 Å². The molecule has 0 bridgehead atoms. The van der Waals surface area contributed by atoms with E-state index >= 15 is 0 Å². The van der Waals surface area contributed by atoms with Gasteiger partial charge in [0.2, 0.25) is 0 Å². The van der Waals surface area contributed by atoms with Crippen LogP contribution in [0, 0.1) is 0 Å². The Morgan fingerprint density at radius 1 is 1.12 bits per heavy atom. The van der Waals surface area contributed by atoms with Crippen LogP contribution in [0.4, 0.5) is 0 Å². The lowest BCUT2D eigenvalue weighted by atomic mass is 10.1. The normalized spacial score (nSPS) is 10.8. The van der Waals surface area contributed by atoms with E-state index in [2.05, 4.69) is 4.84 Å². The monoisotopic (exact) mass is 235 g/mol. The number of carbonyl (C=O) groups excluding carboxylic acids is 1. The number of carbonyl (C=O) groups is 1. The second-order valence-electron chi connectivity index (χ2n) is 3.41. The number of esters is 1. The Kier molecular flexibility index (Phi) is 10.3. The molecule has 0 unspecified atom stereocenters. The summed E-state index contributed by atoms with van der Waals surface area (Å²) < 4.78 is 4.79. The summed E-state index contributed by atoms with van der Waals surface area (Å²) in [4.78, 5) is 15.3. The molecule has 0 fully saturated rings. The quantitative estimate of drug-likeness (QED) is 0.342. The number of rotatable bonds is 10. The second-order valence-corrected chi connectivity index (χ2v) is 3.41. The molecule has 0 aromatic heterocycles. The minimum Gasteiger partial charge on any atom is -0.466 e. The molecule has 16 heavy (non-hydrogen) atoms. The van der Waals surface area contributed by atoms with Crippen molar-refractivity contribution in [2.24, 2.45) is 0 Å². The van der Waals surface area contributed by atoms with Crippen LogP contribution in [0.5, 0.6) is 0 Å². The maximum absolute atomic E-state index is 10.9. The van der Waals surface area contributed by atoms with Gasteiger partial charge in [-0.05, 0) is 19.8 Å². The first-order valence-electron chi connectivity index (χ1n) is 5.63. The average Bonchev–Trinajstić information content (AvgIpc) is 2.22. The lowest BCUT2D eigenvalue weighted by Crippen LogP contribution is -2.14. The molecule has 0 aliphatic heterocycles. The molecule has 0 spiro atoms. The minimum atomic E-state index is -0.277. The summed E-state index contributed by atoms with van der Waals surface area (Å²) in [6, 6.07) is 0. The largest absolute Gasteiger partial charge is 0.466 e. The van der Waals surface area contributed by atoms with Gasteiger partial charge in [0.25, 0.3) is 0 Å². The molecular formula is C10H21NO5. The van der Waals surface area contributed by atoms with Crippen molar-refractivity contribution in [1.29, 1.82) is 0 Å². The van der Waals surface area contributed by atoms with E-state index in [9.17, 15) is 4.79 Å². The molecule has 0 radical (unpaired) electrons. The van der Waals surface area contributed by atoms with Gasteiger partial charge >= 0.3 is 5.97 Å². The van der Waals surface area contributed by atoms with E-state index in [0.717, 1.165) is 32.1 Å². The summed E-state index contributed by atoms with van der Waals surface area (Å²) in [5.74, 6) is -0.137. The van der Waals surface area contributed by atoms with E-state index in [1.54, 1.807) is 6.92 Å². The van der Waals surface area contributed by atoms with Gasteiger partial charge in [-0.25, -0.2) is 0 Å². The highest BCUT2D eigenvalue weighted by molar-refractivity contribution is 5.69. The van der Waals surface area contributed by atoms with Crippen molar-refractivity contribution in [3.05, 3.63) is 0 Å². The van der Waals surface area contributed by atoms with E-state index in [4.69, 9.17) is 15.2 Å². The molecule has 0 aliphatic rings. The third-order valence-electron chi connectivity index (χ3n) is 2.04. The molecular weight excluding hydrogens is 214 g/mol. The Morgan fingerprint density at radius 3 is 2.38 bits per heavy atom. The molecule has 0 atom stereocenters. The molecule has 0 aliphatic carbocycles. The topological polar surface area (TPSA) is 79.2 Å². The van der Waals surface area contributed by atoms with Crippen molar-refractivity contribution < 1.29 is 24.8 Å². The standard InChI is InChI=1S/C10H21NO5/c1-2-15-10(12)8-6-4-3-5-7-9-16-11(13)14/h13-14H,2-9H2,1H3. The van der Waals surface area contributed by atoms with Crippen molar-refractivity contribution in [3.63, 3.8) is 0 Å². The number of nitrogens with zero attached hydrogens (tertiary/aromatic N) is 1. The highest BCUT2D eigenvalue weighted by atomic mass is 17.1. The van der Waals surface area contributed by atoms with Crippen LogP contribution in [0.1, 0.15) is 45.4 Å². The molecule has 6 nitrogen and oxygen atoms in total. The first-order valence-corrected chi connectivity index (χ1v) is 5.63. The van der Waals surface area contributed by atoms with Gasteiger partial charge < -0.3 is 4.74 Å². The fourth-order valence-electron chi connectivity index (χ4n) is 1.28. The predicted molar refractivity (Wildman–Crippen MR) is 55.7 cm³/mol. The average molecular weight is 235 g/mol. The van der Waals surface area contributed by atoms with Gasteiger partial charge in [0.15, 0.2) is 0 Å². The zero-order chi connectivity index (χ0) is 12.2. The zero-order valence-corrected chi connectivity index (χ0v) is 9.72. The fourth-order valence-corrected chi connectivity index (χ4v) is 1.28. The number of hydrogen-bond donors (Lipinski definition) is 2. The van der Waals surface area contributed by atoms with Gasteiger partial charge in [-0.15, -0.1) is 0 Å². The summed E-state index contributed by atoms with van der Waals surface area (Å²) in [5.41, 5.74) is 0. The van der Waals surface area contributed by atoms with E-state index < -0.39 is 0 Å². The molecule has 6 heteroatoms. The van der Waals surface area contributed by atoms with Crippen LogP contribution < -0.4 is 0 Å². The SMILES string of the molecule is CCOC(=O)CCCCCCCON(O)O. The summed E-state index contributed by atoms with van der Waals surface area (Å²) in [6.45, 7) is 2.52. The van der Waals surface area contributed by atoms with Gasteiger partial charge in [-0.1, -0.05) is 19.3 Å². The van der Waals surface area contributed by atoms with E-state index in [-0.39, 0.29) is 18.0 Å². The third-order valence-corrected chi connectivity index (χ3v) is 2.04. The Hall–Kier alpha value is -0.690. The first kappa shape index (κ1) is 15.3. The second kappa shape index (κ2) is 10.8. The summed E-state index contributed by atoms with van der Waals surface area (Å²) >= 11 is 0. The fraction of sp³-hybridized carbons (Fsp3) is 0.900. The molecule has 0 amide bonds. The maximum Gasteiger partial charge on any atom is 0.305 e. The summed E-state index contributed by atoms with van der Waals surface area (Å²) in [6.07, 6.45) is 4.99. The number of hydrogen-bond acceptors (Lipinski definition) is 6. The number of unbranched alkanes of at least 4 members (excludes halogenated alkanes) is 4. The van der Waals surface area contributed by atoms with Crippen molar-refractivity contribution in [2.45, 2.75) is 45.4 Å². The first-order chi connectivity index (χ1) is 7.66. The highest BCUT2D eigenvalue weighted by Crippen LogP contribution is 2.06. The molecule has 0 saturated carbocycles. The van der Waals surface area contributed by atoms with Gasteiger partial charge in [0.1, 0.15) is 0 Å². The van der Waals surface area contributed by atoms with Crippen LogP contribution in [-0.2, 0) is 14.4 Å². The highest BCUT2D eigenvalue weighted by Gasteiger charge is 2.00. The molecule has 0 saturated heterocycles. The summed E-state index contributed by atoms with van der Waals surface area (Å²) in [7, 11) is 0. The van der Waals surface area contributed by atoms with Crippen molar-refractivity contribution in [3.8, 4) is 0 Å². The Bertz CT molecular complexity index is 175. The smallest absolute Gasteiger partial charge is 0.305 e. The van der Waals surface area contributed by atoms with Gasteiger partial charge in [-0.2, -0.15) is 0 Å². The summed E-state index contributed by atoms with van der Waals surface area (Å²) in [5, 5.41) is 16.2. The molecule has 2 N–H and O–H groups in total. The van der Waals surface area contributed by atoms with Gasteiger partial charge in [0, 0.05) is 6.42 Å². The van der Waals surface area contributed by atoms with Crippen molar-refractivity contribution in [1.82, 2.24) is 5.39 Å². The lowest BCUT2D eigenvalue weighted by molar-refractivity contribution is -0.492. The van der Waals surface area contributed by atoms with Crippen molar-refractivity contribution in [2.75, 3.05) is 13.2 Å². The maximum atomic E-state index is 10.9. The van der Waals surface area contributed by atoms with E-state index in [1.165, 1.54) is 0 Å². The van der Waals surface area contributed by atoms with Crippen LogP contribution in [0.2, 0.25) is 0 Å². The molecule has 0 aromatic rings. The molecule has 0 aromatic carbocycles. The minimum absolute atomic E-state index is 0.137. The predicted octanol–water partition coefficient (Wildman–Crippen LogP) is 1.90. The Labute approximate surface area is 95.6 Å². The molecule has 96 valence electrons.